The molecule has 1 N–H and O–H groups in total. The summed E-state index contributed by atoms with van der Waals surface area (Å²) in [6, 6.07) is 0.259. The Hall–Kier alpha value is -0.300. The van der Waals surface area contributed by atoms with Gasteiger partial charge in [0.15, 0.2) is 5.82 Å². The second kappa shape index (κ2) is 6.92. The Morgan fingerprint density at radius 3 is 2.89 bits per heavy atom. The number of hydrogen-bond donors (Lipinski definition) is 1. The Labute approximate surface area is 124 Å². The maximum Gasteiger partial charge on any atom is 0.229 e. The number of nitrogens with one attached hydrogen (secondary N) is 1. The third kappa shape index (κ3) is 3.42. The lowest BCUT2D eigenvalue weighted by molar-refractivity contribution is 0.190. The standard InChI is InChI=1S/C12H20N4OS.ClH/c1-16-5-4-13-8-10(16)11-14-12(17-15-11)9-2-6-18-7-3-9;/h9-10,13H,2-8H2,1H3;1H. The van der Waals surface area contributed by atoms with Gasteiger partial charge in [0.1, 0.15) is 0 Å². The van der Waals surface area contributed by atoms with E-state index in [-0.39, 0.29) is 18.4 Å². The Balaban J connectivity index is 0.00000133. The third-order valence-corrected chi connectivity index (χ3v) is 4.89. The van der Waals surface area contributed by atoms with E-state index in [0.29, 0.717) is 5.92 Å². The average Bonchev–Trinajstić information content (AvgIpc) is 2.90. The van der Waals surface area contributed by atoms with Crippen LogP contribution in [0.25, 0.3) is 0 Å². The first-order valence-electron chi connectivity index (χ1n) is 6.67. The van der Waals surface area contributed by atoms with Gasteiger partial charge in [-0.25, -0.2) is 0 Å². The molecule has 1 aromatic rings. The van der Waals surface area contributed by atoms with Crippen LogP contribution in [0.5, 0.6) is 0 Å². The van der Waals surface area contributed by atoms with E-state index >= 15 is 0 Å². The van der Waals surface area contributed by atoms with Crippen LogP contribution in [0.2, 0.25) is 0 Å². The van der Waals surface area contributed by atoms with Crippen molar-refractivity contribution in [1.82, 2.24) is 20.4 Å². The van der Waals surface area contributed by atoms with Crippen LogP contribution in [0.1, 0.15) is 36.5 Å². The molecular weight excluding hydrogens is 284 g/mol. The van der Waals surface area contributed by atoms with Crippen LogP contribution in [0.4, 0.5) is 0 Å². The van der Waals surface area contributed by atoms with Crippen LogP contribution in [-0.2, 0) is 0 Å². The van der Waals surface area contributed by atoms with Crippen LogP contribution in [-0.4, -0.2) is 53.2 Å². The van der Waals surface area contributed by atoms with Gasteiger partial charge in [-0.1, -0.05) is 5.16 Å². The van der Waals surface area contributed by atoms with Gasteiger partial charge in [0, 0.05) is 25.6 Å². The smallest absolute Gasteiger partial charge is 0.229 e. The van der Waals surface area contributed by atoms with Crippen molar-refractivity contribution in [2.75, 3.05) is 38.2 Å². The highest BCUT2D eigenvalue weighted by molar-refractivity contribution is 7.99. The van der Waals surface area contributed by atoms with Crippen molar-refractivity contribution in [3.63, 3.8) is 0 Å². The maximum atomic E-state index is 5.48. The van der Waals surface area contributed by atoms with Crippen LogP contribution < -0.4 is 5.32 Å². The minimum Gasteiger partial charge on any atom is -0.339 e. The number of aromatic nitrogens is 2. The van der Waals surface area contributed by atoms with E-state index in [1.807, 2.05) is 11.8 Å². The largest absolute Gasteiger partial charge is 0.339 e. The van der Waals surface area contributed by atoms with Gasteiger partial charge in [0.2, 0.25) is 5.89 Å². The normalized spacial score (nSPS) is 26.1. The fraction of sp³-hybridized carbons (Fsp3) is 0.833. The number of likely N-dealkylation sites (N-methyl/N-ethyl adjacent to an activating group) is 1. The molecule has 2 fully saturated rings. The summed E-state index contributed by atoms with van der Waals surface area (Å²) in [6.07, 6.45) is 2.34. The van der Waals surface area contributed by atoms with E-state index in [0.717, 1.165) is 31.3 Å². The molecule has 0 aromatic carbocycles. The molecule has 1 aromatic heterocycles. The molecule has 3 heterocycles. The highest BCUT2D eigenvalue weighted by atomic mass is 35.5. The minimum atomic E-state index is 0. The van der Waals surface area contributed by atoms with Crippen molar-refractivity contribution < 1.29 is 4.52 Å². The minimum absolute atomic E-state index is 0. The lowest BCUT2D eigenvalue weighted by Crippen LogP contribution is -2.44. The summed E-state index contributed by atoms with van der Waals surface area (Å²) in [5.74, 6) is 4.61. The number of thioether (sulfide) groups is 1. The van der Waals surface area contributed by atoms with E-state index < -0.39 is 0 Å². The zero-order chi connectivity index (χ0) is 12.4. The number of halogens is 1. The fourth-order valence-corrected chi connectivity index (χ4v) is 3.69. The molecule has 0 saturated carbocycles. The number of piperazine rings is 1. The lowest BCUT2D eigenvalue weighted by Gasteiger charge is -2.30. The van der Waals surface area contributed by atoms with Gasteiger partial charge < -0.3 is 9.84 Å². The van der Waals surface area contributed by atoms with Crippen LogP contribution in [0.3, 0.4) is 0 Å². The van der Waals surface area contributed by atoms with Crippen LogP contribution in [0.15, 0.2) is 4.52 Å². The molecule has 7 heteroatoms. The van der Waals surface area contributed by atoms with Crippen molar-refractivity contribution in [2.24, 2.45) is 0 Å². The average molecular weight is 305 g/mol. The highest BCUT2D eigenvalue weighted by Crippen LogP contribution is 2.31. The molecular formula is C12H21ClN4OS. The quantitative estimate of drug-likeness (QED) is 0.897. The number of rotatable bonds is 2. The van der Waals surface area contributed by atoms with Gasteiger partial charge in [0.05, 0.1) is 6.04 Å². The van der Waals surface area contributed by atoms with E-state index in [2.05, 4.69) is 27.4 Å². The molecule has 0 amide bonds. The predicted octanol–water partition coefficient (Wildman–Crippen LogP) is 1.68. The zero-order valence-electron chi connectivity index (χ0n) is 11.2. The molecule has 2 aliphatic rings. The molecule has 1 atom stereocenters. The number of hydrogen-bond acceptors (Lipinski definition) is 6. The molecule has 0 spiro atoms. The second-order valence-corrected chi connectivity index (χ2v) is 6.30. The molecule has 19 heavy (non-hydrogen) atoms. The summed E-state index contributed by atoms with van der Waals surface area (Å²) in [7, 11) is 2.12. The Bertz CT molecular complexity index is 397. The molecule has 5 nitrogen and oxygen atoms in total. The van der Waals surface area contributed by atoms with Gasteiger partial charge in [-0.3, -0.25) is 4.90 Å². The van der Waals surface area contributed by atoms with Crippen molar-refractivity contribution in [3.05, 3.63) is 11.7 Å². The van der Waals surface area contributed by atoms with Crippen molar-refractivity contribution >= 4 is 24.2 Å². The molecule has 1 unspecified atom stereocenters. The maximum absolute atomic E-state index is 5.48. The van der Waals surface area contributed by atoms with E-state index in [1.54, 1.807) is 0 Å². The Morgan fingerprint density at radius 1 is 1.37 bits per heavy atom. The topological polar surface area (TPSA) is 54.2 Å². The SMILES string of the molecule is CN1CCNCC1c1noc(C2CCSCC2)n1.Cl. The van der Waals surface area contributed by atoms with E-state index in [9.17, 15) is 0 Å². The highest BCUT2D eigenvalue weighted by Gasteiger charge is 2.27. The molecule has 0 bridgehead atoms. The molecule has 108 valence electrons. The first kappa shape index (κ1) is 15.1. The van der Waals surface area contributed by atoms with Crippen molar-refractivity contribution in [1.29, 1.82) is 0 Å². The van der Waals surface area contributed by atoms with Gasteiger partial charge in [0.25, 0.3) is 0 Å². The van der Waals surface area contributed by atoms with Crippen molar-refractivity contribution in [3.8, 4) is 0 Å². The summed E-state index contributed by atoms with van der Waals surface area (Å²) < 4.78 is 5.48. The Kier molecular flexibility index (Phi) is 5.50. The molecule has 0 aliphatic carbocycles. The first-order valence-corrected chi connectivity index (χ1v) is 7.82. The number of nitrogens with zero attached hydrogens (tertiary/aromatic N) is 3. The van der Waals surface area contributed by atoms with Gasteiger partial charge in [-0.15, -0.1) is 12.4 Å². The summed E-state index contributed by atoms with van der Waals surface area (Å²) in [5, 5.41) is 7.58. The molecule has 2 aliphatic heterocycles. The fourth-order valence-electron chi connectivity index (χ4n) is 2.59. The van der Waals surface area contributed by atoms with Gasteiger partial charge in [-0.2, -0.15) is 16.7 Å². The summed E-state index contributed by atoms with van der Waals surface area (Å²) in [5.41, 5.74) is 0. The summed E-state index contributed by atoms with van der Waals surface area (Å²) >= 11 is 2.02. The van der Waals surface area contributed by atoms with Crippen LogP contribution in [0, 0.1) is 0 Å². The zero-order valence-corrected chi connectivity index (χ0v) is 12.8. The third-order valence-electron chi connectivity index (χ3n) is 3.84. The van der Waals surface area contributed by atoms with Crippen LogP contribution >= 0.6 is 24.2 Å². The van der Waals surface area contributed by atoms with E-state index in [4.69, 9.17) is 4.52 Å². The predicted molar refractivity (Wildman–Crippen MR) is 79.1 cm³/mol. The lowest BCUT2D eigenvalue weighted by atomic mass is 10.0. The first-order chi connectivity index (χ1) is 8.84. The monoisotopic (exact) mass is 304 g/mol. The molecule has 0 radical (unpaired) electrons. The van der Waals surface area contributed by atoms with Gasteiger partial charge >= 0.3 is 0 Å². The second-order valence-electron chi connectivity index (χ2n) is 5.08. The summed E-state index contributed by atoms with van der Waals surface area (Å²) in [6.45, 7) is 2.99. The summed E-state index contributed by atoms with van der Waals surface area (Å²) in [4.78, 5) is 6.93. The molecule has 2 saturated heterocycles. The van der Waals surface area contributed by atoms with Gasteiger partial charge in [-0.05, 0) is 31.4 Å². The molecule has 3 rings (SSSR count). The van der Waals surface area contributed by atoms with E-state index in [1.165, 1.54) is 24.3 Å². The van der Waals surface area contributed by atoms with Crippen molar-refractivity contribution in [2.45, 2.75) is 24.8 Å². The Morgan fingerprint density at radius 2 is 2.16 bits per heavy atom.